The molecule has 0 saturated carbocycles. The molecule has 0 aromatic heterocycles. The Hall–Kier alpha value is -1.26. The highest BCUT2D eigenvalue weighted by Gasteiger charge is 2.25. The highest BCUT2D eigenvalue weighted by molar-refractivity contribution is 5.74. The summed E-state index contributed by atoms with van der Waals surface area (Å²) in [6, 6.07) is 0.409. The standard InChI is InChI=1S/C14H26N2O3/c1-2-7-12-8-4-6-11-16(12)14(19)15-10-5-3-9-13(17)18/h12H,2-11H2,1H3,(H,15,19)(H,17,18). The van der Waals surface area contributed by atoms with E-state index >= 15 is 0 Å². The second-order valence-electron chi connectivity index (χ2n) is 5.21. The van der Waals surface area contributed by atoms with Crippen molar-refractivity contribution in [1.82, 2.24) is 10.2 Å². The second-order valence-corrected chi connectivity index (χ2v) is 5.21. The van der Waals surface area contributed by atoms with E-state index in [-0.39, 0.29) is 12.5 Å². The monoisotopic (exact) mass is 270 g/mol. The van der Waals surface area contributed by atoms with E-state index in [1.165, 1.54) is 6.42 Å². The van der Waals surface area contributed by atoms with Gasteiger partial charge < -0.3 is 15.3 Å². The van der Waals surface area contributed by atoms with Crippen LogP contribution in [-0.2, 0) is 4.79 Å². The number of piperidine rings is 1. The van der Waals surface area contributed by atoms with Gasteiger partial charge in [-0.2, -0.15) is 0 Å². The van der Waals surface area contributed by atoms with Crippen molar-refractivity contribution in [3.05, 3.63) is 0 Å². The van der Waals surface area contributed by atoms with Crippen LogP contribution in [0.15, 0.2) is 0 Å². The van der Waals surface area contributed by atoms with Crippen LogP contribution in [0.2, 0.25) is 0 Å². The van der Waals surface area contributed by atoms with Crippen molar-refractivity contribution in [2.45, 2.75) is 64.3 Å². The Morgan fingerprint density at radius 1 is 1.32 bits per heavy atom. The zero-order chi connectivity index (χ0) is 14.1. The number of hydrogen-bond donors (Lipinski definition) is 2. The van der Waals surface area contributed by atoms with Gasteiger partial charge in [0.1, 0.15) is 0 Å². The first-order chi connectivity index (χ1) is 9.15. The molecule has 19 heavy (non-hydrogen) atoms. The summed E-state index contributed by atoms with van der Waals surface area (Å²) in [6.45, 7) is 3.57. The third-order valence-corrected chi connectivity index (χ3v) is 3.60. The molecule has 2 amide bonds. The van der Waals surface area contributed by atoms with Crippen LogP contribution in [0.4, 0.5) is 4.79 Å². The maximum atomic E-state index is 12.1. The van der Waals surface area contributed by atoms with Crippen LogP contribution >= 0.6 is 0 Å². The fraction of sp³-hybridized carbons (Fsp3) is 0.857. The average molecular weight is 270 g/mol. The van der Waals surface area contributed by atoms with Gasteiger partial charge in [-0.05, 0) is 38.5 Å². The maximum absolute atomic E-state index is 12.1. The summed E-state index contributed by atoms with van der Waals surface area (Å²) in [6.07, 6.45) is 7.12. The van der Waals surface area contributed by atoms with Crippen LogP contribution in [0.25, 0.3) is 0 Å². The number of aliphatic carboxylic acids is 1. The highest BCUT2D eigenvalue weighted by Crippen LogP contribution is 2.20. The fourth-order valence-corrected chi connectivity index (χ4v) is 2.60. The second kappa shape index (κ2) is 8.77. The summed E-state index contributed by atoms with van der Waals surface area (Å²) >= 11 is 0. The number of nitrogens with zero attached hydrogens (tertiary/aromatic N) is 1. The molecule has 1 unspecified atom stereocenters. The summed E-state index contributed by atoms with van der Waals surface area (Å²) in [5.41, 5.74) is 0. The van der Waals surface area contributed by atoms with Gasteiger partial charge in [-0.25, -0.2) is 4.79 Å². The van der Waals surface area contributed by atoms with Crippen LogP contribution in [-0.4, -0.2) is 41.1 Å². The number of unbranched alkanes of at least 4 members (excludes halogenated alkanes) is 1. The smallest absolute Gasteiger partial charge is 0.317 e. The normalized spacial score (nSPS) is 19.2. The zero-order valence-corrected chi connectivity index (χ0v) is 11.9. The lowest BCUT2D eigenvalue weighted by Crippen LogP contribution is -2.48. The molecule has 1 aliphatic rings. The van der Waals surface area contributed by atoms with E-state index in [0.717, 1.165) is 38.6 Å². The van der Waals surface area contributed by atoms with Crippen molar-refractivity contribution in [3.8, 4) is 0 Å². The highest BCUT2D eigenvalue weighted by atomic mass is 16.4. The zero-order valence-electron chi connectivity index (χ0n) is 11.9. The van der Waals surface area contributed by atoms with Gasteiger partial charge in [-0.3, -0.25) is 4.79 Å². The predicted octanol–water partition coefficient (Wildman–Crippen LogP) is 2.61. The Kier molecular flexibility index (Phi) is 7.30. The summed E-state index contributed by atoms with van der Waals surface area (Å²) in [4.78, 5) is 24.4. The minimum absolute atomic E-state index is 0.0217. The number of likely N-dealkylation sites (tertiary alicyclic amines) is 1. The maximum Gasteiger partial charge on any atom is 0.317 e. The molecule has 0 aromatic carbocycles. The molecule has 1 rings (SSSR count). The molecular formula is C14H26N2O3. The lowest BCUT2D eigenvalue weighted by Gasteiger charge is -2.35. The molecule has 0 spiro atoms. The van der Waals surface area contributed by atoms with Crippen molar-refractivity contribution in [1.29, 1.82) is 0 Å². The molecule has 5 heteroatoms. The molecule has 1 heterocycles. The Bertz CT molecular complexity index is 292. The lowest BCUT2D eigenvalue weighted by atomic mass is 9.99. The van der Waals surface area contributed by atoms with E-state index in [9.17, 15) is 9.59 Å². The van der Waals surface area contributed by atoms with E-state index in [0.29, 0.717) is 19.0 Å². The third kappa shape index (κ3) is 5.94. The summed E-state index contributed by atoms with van der Waals surface area (Å²) in [5.74, 6) is -0.773. The Labute approximate surface area is 115 Å². The van der Waals surface area contributed by atoms with Crippen LogP contribution < -0.4 is 5.32 Å². The molecule has 0 aliphatic carbocycles. The Morgan fingerprint density at radius 3 is 2.79 bits per heavy atom. The molecule has 110 valence electrons. The lowest BCUT2D eigenvalue weighted by molar-refractivity contribution is -0.137. The van der Waals surface area contributed by atoms with Gasteiger partial charge in [0.25, 0.3) is 0 Å². The summed E-state index contributed by atoms with van der Waals surface area (Å²) in [7, 11) is 0. The molecule has 0 radical (unpaired) electrons. The van der Waals surface area contributed by atoms with Crippen molar-refractivity contribution in [3.63, 3.8) is 0 Å². The number of carbonyl (C=O) groups is 2. The predicted molar refractivity (Wildman–Crippen MR) is 74.1 cm³/mol. The van der Waals surface area contributed by atoms with Crippen LogP contribution in [0.3, 0.4) is 0 Å². The molecule has 0 aromatic rings. The Morgan fingerprint density at radius 2 is 2.11 bits per heavy atom. The number of carboxylic acid groups (broad SMARTS) is 1. The molecule has 1 fully saturated rings. The first-order valence-electron chi connectivity index (χ1n) is 7.41. The van der Waals surface area contributed by atoms with Gasteiger partial charge in [-0.15, -0.1) is 0 Å². The first kappa shape index (κ1) is 15.8. The number of rotatable bonds is 7. The molecule has 0 bridgehead atoms. The largest absolute Gasteiger partial charge is 0.481 e. The van der Waals surface area contributed by atoms with E-state index < -0.39 is 5.97 Å². The summed E-state index contributed by atoms with van der Waals surface area (Å²) in [5, 5.41) is 11.4. The van der Waals surface area contributed by atoms with Crippen molar-refractivity contribution < 1.29 is 14.7 Å². The third-order valence-electron chi connectivity index (χ3n) is 3.60. The number of carboxylic acids is 1. The van der Waals surface area contributed by atoms with Gasteiger partial charge >= 0.3 is 12.0 Å². The number of hydrogen-bond acceptors (Lipinski definition) is 2. The minimum Gasteiger partial charge on any atom is -0.481 e. The van der Waals surface area contributed by atoms with Crippen LogP contribution in [0.5, 0.6) is 0 Å². The van der Waals surface area contributed by atoms with Gasteiger partial charge in [-0.1, -0.05) is 13.3 Å². The SMILES string of the molecule is CCCC1CCCCN1C(=O)NCCCCC(=O)O. The molecule has 1 aliphatic heterocycles. The molecular weight excluding hydrogens is 244 g/mol. The number of amides is 2. The quantitative estimate of drug-likeness (QED) is 0.699. The van der Waals surface area contributed by atoms with Gasteiger partial charge in [0.05, 0.1) is 0 Å². The van der Waals surface area contributed by atoms with Crippen LogP contribution in [0.1, 0.15) is 58.3 Å². The Balaban J connectivity index is 2.24. The minimum atomic E-state index is -0.773. The number of carbonyl (C=O) groups excluding carboxylic acids is 1. The van der Waals surface area contributed by atoms with E-state index in [2.05, 4.69) is 12.2 Å². The topological polar surface area (TPSA) is 69.6 Å². The van der Waals surface area contributed by atoms with Crippen molar-refractivity contribution >= 4 is 12.0 Å². The number of urea groups is 1. The van der Waals surface area contributed by atoms with E-state index in [1.54, 1.807) is 0 Å². The first-order valence-corrected chi connectivity index (χ1v) is 7.41. The molecule has 5 nitrogen and oxygen atoms in total. The average Bonchev–Trinajstić information content (AvgIpc) is 2.39. The molecule has 1 atom stereocenters. The van der Waals surface area contributed by atoms with Gasteiger partial charge in [0.15, 0.2) is 0 Å². The van der Waals surface area contributed by atoms with Crippen molar-refractivity contribution in [2.24, 2.45) is 0 Å². The van der Waals surface area contributed by atoms with Crippen LogP contribution in [0, 0.1) is 0 Å². The summed E-state index contributed by atoms with van der Waals surface area (Å²) < 4.78 is 0. The number of nitrogens with one attached hydrogen (secondary N) is 1. The van der Waals surface area contributed by atoms with E-state index in [4.69, 9.17) is 5.11 Å². The molecule has 2 N–H and O–H groups in total. The van der Waals surface area contributed by atoms with E-state index in [1.807, 2.05) is 4.90 Å². The van der Waals surface area contributed by atoms with Crippen molar-refractivity contribution in [2.75, 3.05) is 13.1 Å². The van der Waals surface area contributed by atoms with Gasteiger partial charge in [0, 0.05) is 25.6 Å². The molecule has 1 saturated heterocycles. The van der Waals surface area contributed by atoms with Gasteiger partial charge in [0.2, 0.25) is 0 Å². The fourth-order valence-electron chi connectivity index (χ4n) is 2.60.